The molecule has 2 aliphatic rings. The molecule has 2 N–H and O–H groups in total. The standard InChI is InChI=1S/C14H19N3O/c1-17-13-5-4-11(7-10(13)8-14(17)18)16-9-12-3-2-6-15-12/h4-5,7,12,15-16H,2-3,6,8-9H2,1H3. The highest BCUT2D eigenvalue weighted by Gasteiger charge is 2.23. The molecule has 18 heavy (non-hydrogen) atoms. The molecular formula is C14H19N3O. The summed E-state index contributed by atoms with van der Waals surface area (Å²) < 4.78 is 0. The number of rotatable bonds is 3. The molecule has 1 saturated heterocycles. The molecule has 1 amide bonds. The molecule has 1 fully saturated rings. The molecule has 0 aromatic heterocycles. The first kappa shape index (κ1) is 11.5. The predicted molar refractivity (Wildman–Crippen MR) is 73.1 cm³/mol. The third-order valence-corrected chi connectivity index (χ3v) is 3.87. The summed E-state index contributed by atoms with van der Waals surface area (Å²) in [4.78, 5) is 13.3. The van der Waals surface area contributed by atoms with Crippen molar-refractivity contribution in [3.63, 3.8) is 0 Å². The van der Waals surface area contributed by atoms with Crippen LogP contribution in [0, 0.1) is 0 Å². The number of carbonyl (C=O) groups excluding carboxylic acids is 1. The fourth-order valence-corrected chi connectivity index (χ4v) is 2.75. The van der Waals surface area contributed by atoms with E-state index < -0.39 is 0 Å². The van der Waals surface area contributed by atoms with Crippen molar-refractivity contribution in [1.29, 1.82) is 0 Å². The van der Waals surface area contributed by atoms with Crippen molar-refractivity contribution in [3.05, 3.63) is 23.8 Å². The Labute approximate surface area is 107 Å². The first-order valence-electron chi connectivity index (χ1n) is 6.61. The highest BCUT2D eigenvalue weighted by Crippen LogP contribution is 2.29. The first-order chi connectivity index (χ1) is 8.74. The van der Waals surface area contributed by atoms with E-state index in [1.54, 1.807) is 4.90 Å². The molecule has 4 heteroatoms. The van der Waals surface area contributed by atoms with E-state index in [0.29, 0.717) is 12.5 Å². The first-order valence-corrected chi connectivity index (χ1v) is 6.61. The molecular weight excluding hydrogens is 226 g/mol. The van der Waals surface area contributed by atoms with Crippen LogP contribution in [-0.4, -0.2) is 32.1 Å². The maximum atomic E-state index is 11.6. The van der Waals surface area contributed by atoms with Gasteiger partial charge in [-0.05, 0) is 43.1 Å². The fourth-order valence-electron chi connectivity index (χ4n) is 2.75. The zero-order valence-corrected chi connectivity index (χ0v) is 10.7. The quantitative estimate of drug-likeness (QED) is 0.845. The monoisotopic (exact) mass is 245 g/mol. The van der Waals surface area contributed by atoms with E-state index in [0.717, 1.165) is 30.0 Å². The van der Waals surface area contributed by atoms with Crippen molar-refractivity contribution in [2.75, 3.05) is 30.4 Å². The second-order valence-electron chi connectivity index (χ2n) is 5.15. The van der Waals surface area contributed by atoms with Gasteiger partial charge in [0.2, 0.25) is 5.91 Å². The Bertz CT molecular complexity index is 466. The minimum atomic E-state index is 0.180. The van der Waals surface area contributed by atoms with Gasteiger partial charge < -0.3 is 15.5 Å². The summed E-state index contributed by atoms with van der Waals surface area (Å²) in [6, 6.07) is 6.78. The highest BCUT2D eigenvalue weighted by molar-refractivity contribution is 6.01. The SMILES string of the molecule is CN1C(=O)Cc2cc(NCC3CCCN3)ccc21. The van der Waals surface area contributed by atoms with Crippen molar-refractivity contribution in [1.82, 2.24) is 5.32 Å². The molecule has 1 aromatic carbocycles. The lowest BCUT2D eigenvalue weighted by atomic mass is 10.1. The van der Waals surface area contributed by atoms with E-state index in [4.69, 9.17) is 0 Å². The maximum absolute atomic E-state index is 11.6. The summed E-state index contributed by atoms with van der Waals surface area (Å²) in [6.07, 6.45) is 3.05. The van der Waals surface area contributed by atoms with Gasteiger partial charge in [0.25, 0.3) is 0 Å². The maximum Gasteiger partial charge on any atom is 0.231 e. The van der Waals surface area contributed by atoms with E-state index in [1.165, 1.54) is 12.8 Å². The molecule has 96 valence electrons. The fraction of sp³-hybridized carbons (Fsp3) is 0.500. The van der Waals surface area contributed by atoms with Crippen LogP contribution in [0.4, 0.5) is 11.4 Å². The van der Waals surface area contributed by atoms with Crippen molar-refractivity contribution in [2.45, 2.75) is 25.3 Å². The second-order valence-corrected chi connectivity index (χ2v) is 5.15. The lowest BCUT2D eigenvalue weighted by molar-refractivity contribution is -0.117. The Balaban J connectivity index is 1.67. The molecule has 0 radical (unpaired) electrons. The van der Waals surface area contributed by atoms with Crippen LogP contribution in [0.25, 0.3) is 0 Å². The van der Waals surface area contributed by atoms with Gasteiger partial charge in [-0.3, -0.25) is 4.79 Å². The van der Waals surface area contributed by atoms with Crippen LogP contribution in [0.1, 0.15) is 18.4 Å². The van der Waals surface area contributed by atoms with Gasteiger partial charge in [0, 0.05) is 31.0 Å². The summed E-state index contributed by atoms with van der Waals surface area (Å²) in [5.41, 5.74) is 3.29. The molecule has 1 atom stereocenters. The van der Waals surface area contributed by atoms with Gasteiger partial charge in [0.15, 0.2) is 0 Å². The van der Waals surface area contributed by atoms with Crippen molar-refractivity contribution >= 4 is 17.3 Å². The Morgan fingerprint density at radius 2 is 2.39 bits per heavy atom. The molecule has 2 heterocycles. The molecule has 0 spiro atoms. The summed E-state index contributed by atoms with van der Waals surface area (Å²) in [5, 5.41) is 6.92. The van der Waals surface area contributed by atoms with Crippen LogP contribution < -0.4 is 15.5 Å². The highest BCUT2D eigenvalue weighted by atomic mass is 16.2. The number of nitrogens with zero attached hydrogens (tertiary/aromatic N) is 1. The smallest absolute Gasteiger partial charge is 0.231 e. The Morgan fingerprint density at radius 1 is 1.50 bits per heavy atom. The Hall–Kier alpha value is -1.55. The van der Waals surface area contributed by atoms with E-state index in [2.05, 4.69) is 22.8 Å². The topological polar surface area (TPSA) is 44.4 Å². The summed E-state index contributed by atoms with van der Waals surface area (Å²) in [7, 11) is 1.84. The number of hydrogen-bond donors (Lipinski definition) is 2. The molecule has 1 aromatic rings. The van der Waals surface area contributed by atoms with E-state index in [-0.39, 0.29) is 5.91 Å². The minimum absolute atomic E-state index is 0.180. The van der Waals surface area contributed by atoms with Gasteiger partial charge in [-0.15, -0.1) is 0 Å². The normalized spacial score (nSPS) is 22.4. The van der Waals surface area contributed by atoms with Crippen LogP contribution in [0.5, 0.6) is 0 Å². The molecule has 1 unspecified atom stereocenters. The predicted octanol–water partition coefficient (Wildman–Crippen LogP) is 1.37. The van der Waals surface area contributed by atoms with Crippen molar-refractivity contribution < 1.29 is 4.79 Å². The van der Waals surface area contributed by atoms with Crippen LogP contribution >= 0.6 is 0 Å². The number of nitrogens with one attached hydrogen (secondary N) is 2. The summed E-state index contributed by atoms with van der Waals surface area (Å²) >= 11 is 0. The zero-order valence-electron chi connectivity index (χ0n) is 10.7. The number of amides is 1. The van der Waals surface area contributed by atoms with Gasteiger partial charge in [-0.1, -0.05) is 0 Å². The van der Waals surface area contributed by atoms with Gasteiger partial charge in [-0.25, -0.2) is 0 Å². The minimum Gasteiger partial charge on any atom is -0.383 e. The summed E-state index contributed by atoms with van der Waals surface area (Å²) in [6.45, 7) is 2.10. The number of anilines is 2. The number of fused-ring (bicyclic) bond motifs is 1. The Kier molecular flexibility index (Phi) is 2.96. The number of hydrogen-bond acceptors (Lipinski definition) is 3. The Morgan fingerprint density at radius 3 is 3.17 bits per heavy atom. The van der Waals surface area contributed by atoms with Gasteiger partial charge >= 0.3 is 0 Å². The van der Waals surface area contributed by atoms with Gasteiger partial charge in [0.1, 0.15) is 0 Å². The van der Waals surface area contributed by atoms with E-state index in [1.807, 2.05) is 13.1 Å². The van der Waals surface area contributed by atoms with Crippen LogP contribution in [0.15, 0.2) is 18.2 Å². The average Bonchev–Trinajstić information content (AvgIpc) is 2.97. The number of benzene rings is 1. The molecule has 2 aliphatic heterocycles. The molecule has 0 saturated carbocycles. The lowest BCUT2D eigenvalue weighted by Crippen LogP contribution is -2.29. The summed E-state index contributed by atoms with van der Waals surface area (Å²) in [5.74, 6) is 0.180. The van der Waals surface area contributed by atoms with Gasteiger partial charge in [-0.2, -0.15) is 0 Å². The van der Waals surface area contributed by atoms with Crippen LogP contribution in [0.3, 0.4) is 0 Å². The molecule has 3 rings (SSSR count). The second kappa shape index (κ2) is 4.61. The van der Waals surface area contributed by atoms with Crippen molar-refractivity contribution in [2.24, 2.45) is 0 Å². The van der Waals surface area contributed by atoms with Crippen LogP contribution in [-0.2, 0) is 11.2 Å². The molecule has 0 bridgehead atoms. The lowest BCUT2D eigenvalue weighted by Gasteiger charge is -2.14. The molecule has 0 aliphatic carbocycles. The third kappa shape index (κ3) is 2.08. The number of carbonyl (C=O) groups is 1. The van der Waals surface area contributed by atoms with Gasteiger partial charge in [0.05, 0.1) is 6.42 Å². The average molecular weight is 245 g/mol. The zero-order chi connectivity index (χ0) is 12.5. The third-order valence-electron chi connectivity index (χ3n) is 3.87. The van der Waals surface area contributed by atoms with E-state index in [9.17, 15) is 4.79 Å². The van der Waals surface area contributed by atoms with E-state index >= 15 is 0 Å². The van der Waals surface area contributed by atoms with Crippen molar-refractivity contribution in [3.8, 4) is 0 Å². The largest absolute Gasteiger partial charge is 0.383 e. The number of likely N-dealkylation sites (N-methyl/N-ethyl adjacent to an activating group) is 1. The molecule has 4 nitrogen and oxygen atoms in total. The van der Waals surface area contributed by atoms with Crippen LogP contribution in [0.2, 0.25) is 0 Å².